The topological polar surface area (TPSA) is 35.0 Å². The van der Waals surface area contributed by atoms with Crippen LogP contribution >= 0.6 is 11.6 Å². The van der Waals surface area contributed by atoms with Crippen molar-refractivity contribution in [2.24, 2.45) is 5.92 Å². The van der Waals surface area contributed by atoms with Gasteiger partial charge in [-0.3, -0.25) is 0 Å². The average molecular weight is 334 g/mol. The highest BCUT2D eigenvalue weighted by atomic mass is 35.5. The van der Waals surface area contributed by atoms with Crippen molar-refractivity contribution in [3.05, 3.63) is 0 Å². The molecule has 22 heavy (non-hydrogen) atoms. The smallest absolute Gasteiger partial charge is 0.0441 e. The summed E-state index contributed by atoms with van der Waals surface area (Å²) in [4.78, 5) is 0.0117. The largest absolute Gasteiger partial charge is 0.344 e. The highest BCUT2D eigenvalue weighted by Gasteiger charge is 2.23. The van der Waals surface area contributed by atoms with E-state index >= 15 is 0 Å². The Morgan fingerprint density at radius 2 is 1.00 bits per heavy atom. The van der Waals surface area contributed by atoms with Crippen LogP contribution in [0.2, 0.25) is 0 Å². The number of unbranched alkanes of at least 4 members (excludes halogenated alkanes) is 12. The normalized spacial score (nSPS) is 13.9. The second-order valence-electron chi connectivity index (χ2n) is 7.43. The molecule has 0 spiro atoms. The van der Waals surface area contributed by atoms with Gasteiger partial charge in [-0.15, -0.1) is 11.6 Å². The van der Waals surface area contributed by atoms with E-state index in [0.717, 1.165) is 0 Å². The Labute approximate surface area is 146 Å². The minimum Gasteiger partial charge on any atom is -0.344 e. The van der Waals surface area contributed by atoms with Gasteiger partial charge in [-0.2, -0.15) is 0 Å². The number of hydrogen-bond acceptors (Lipinski definition) is 1. The van der Waals surface area contributed by atoms with Crippen LogP contribution in [0.3, 0.4) is 0 Å². The van der Waals surface area contributed by atoms with Gasteiger partial charge in [-0.1, -0.05) is 104 Å². The Morgan fingerprint density at radius 1 is 0.682 bits per heavy atom. The van der Waals surface area contributed by atoms with Gasteiger partial charge < -0.3 is 6.15 Å². The molecule has 0 rings (SSSR count). The Hall–Kier alpha value is 0.250. The van der Waals surface area contributed by atoms with Gasteiger partial charge in [-0.05, 0) is 19.3 Å². The van der Waals surface area contributed by atoms with Crippen LogP contribution in [0.25, 0.3) is 0 Å². The predicted octanol–water partition coefficient (Wildman–Crippen LogP) is 8.28. The molecule has 0 heterocycles. The zero-order chi connectivity index (χ0) is 16.0. The highest BCUT2D eigenvalue weighted by Crippen LogP contribution is 2.30. The van der Waals surface area contributed by atoms with Gasteiger partial charge in [-0.25, -0.2) is 0 Å². The molecule has 0 aliphatic heterocycles. The van der Waals surface area contributed by atoms with Crippen molar-refractivity contribution >= 4 is 11.6 Å². The van der Waals surface area contributed by atoms with Gasteiger partial charge in [0.25, 0.3) is 0 Å². The second kappa shape index (κ2) is 16.1. The monoisotopic (exact) mass is 333 g/mol. The summed E-state index contributed by atoms with van der Waals surface area (Å²) in [5.74, 6) is 0.580. The molecule has 3 N–H and O–H groups in total. The first kappa shape index (κ1) is 24.5. The van der Waals surface area contributed by atoms with Crippen molar-refractivity contribution in [1.82, 2.24) is 6.15 Å². The van der Waals surface area contributed by atoms with Crippen molar-refractivity contribution in [3.63, 3.8) is 0 Å². The summed E-state index contributed by atoms with van der Waals surface area (Å²) >= 11 is 6.51. The van der Waals surface area contributed by atoms with Gasteiger partial charge in [0.15, 0.2) is 0 Å². The molecule has 0 aliphatic carbocycles. The van der Waals surface area contributed by atoms with Crippen molar-refractivity contribution in [3.8, 4) is 0 Å². The van der Waals surface area contributed by atoms with Crippen LogP contribution in [0.4, 0.5) is 0 Å². The van der Waals surface area contributed by atoms with E-state index < -0.39 is 0 Å². The number of halogens is 1. The van der Waals surface area contributed by atoms with E-state index in [4.69, 9.17) is 11.6 Å². The van der Waals surface area contributed by atoms with Gasteiger partial charge in [0.1, 0.15) is 0 Å². The molecule has 0 bridgehead atoms. The van der Waals surface area contributed by atoms with E-state index in [1.54, 1.807) is 0 Å². The third-order valence-corrected chi connectivity index (χ3v) is 5.60. The molecule has 0 fully saturated rings. The first-order valence-electron chi connectivity index (χ1n) is 9.69. The predicted molar refractivity (Wildman–Crippen MR) is 104 cm³/mol. The van der Waals surface area contributed by atoms with Gasteiger partial charge in [0.2, 0.25) is 0 Å². The first-order valence-corrected chi connectivity index (χ1v) is 10.1. The lowest BCUT2D eigenvalue weighted by Gasteiger charge is -2.26. The van der Waals surface area contributed by atoms with E-state index in [1.165, 1.54) is 89.9 Å². The highest BCUT2D eigenvalue weighted by molar-refractivity contribution is 6.23. The third kappa shape index (κ3) is 15.2. The quantitative estimate of drug-likeness (QED) is 0.237. The average Bonchev–Trinajstić information content (AvgIpc) is 2.43. The van der Waals surface area contributed by atoms with Gasteiger partial charge in [0, 0.05) is 4.87 Å². The maximum Gasteiger partial charge on any atom is 0.0441 e. The molecule has 0 saturated carbocycles. The Kier molecular flexibility index (Phi) is 18.0. The Bertz CT molecular complexity index is 214. The van der Waals surface area contributed by atoms with Crippen molar-refractivity contribution in [2.45, 2.75) is 122 Å². The summed E-state index contributed by atoms with van der Waals surface area (Å²) in [5.41, 5.74) is 0. The zero-order valence-corrected chi connectivity index (χ0v) is 16.8. The molecule has 2 heteroatoms. The number of rotatable bonds is 15. The fourth-order valence-corrected chi connectivity index (χ4v) is 2.91. The molecule has 1 unspecified atom stereocenters. The fourth-order valence-electron chi connectivity index (χ4n) is 2.78. The van der Waals surface area contributed by atoms with Crippen LogP contribution in [0, 0.1) is 5.92 Å². The van der Waals surface area contributed by atoms with Gasteiger partial charge >= 0.3 is 0 Å². The van der Waals surface area contributed by atoms with E-state index in [2.05, 4.69) is 27.7 Å². The minimum atomic E-state index is 0. The number of alkyl halides is 1. The minimum absolute atomic E-state index is 0. The number of hydrogen-bond donors (Lipinski definition) is 1. The van der Waals surface area contributed by atoms with Crippen LogP contribution < -0.4 is 6.15 Å². The SMILES string of the molecule is CCCCCCCCCCCCCCCC(C)(Cl)C(C)C.N. The summed E-state index contributed by atoms with van der Waals surface area (Å²) < 4.78 is 0. The Balaban J connectivity index is 0. The standard InChI is InChI=1S/C20H41Cl.H3N/c1-5-6-7-8-9-10-11-12-13-14-15-16-17-18-20(4,21)19(2)3;/h19H,5-18H2,1-4H3;1H3. The first-order chi connectivity index (χ1) is 10.0. The lowest BCUT2D eigenvalue weighted by molar-refractivity contribution is 0.407. The second-order valence-corrected chi connectivity index (χ2v) is 8.29. The summed E-state index contributed by atoms with van der Waals surface area (Å²) in [6, 6.07) is 0. The van der Waals surface area contributed by atoms with Crippen molar-refractivity contribution in [2.75, 3.05) is 0 Å². The van der Waals surface area contributed by atoms with E-state index in [1.807, 2.05) is 0 Å². The summed E-state index contributed by atoms with van der Waals surface area (Å²) in [5, 5.41) is 0. The van der Waals surface area contributed by atoms with Crippen molar-refractivity contribution < 1.29 is 0 Å². The maximum absolute atomic E-state index is 6.51. The summed E-state index contributed by atoms with van der Waals surface area (Å²) in [7, 11) is 0. The molecule has 0 saturated heterocycles. The lowest BCUT2D eigenvalue weighted by atomic mass is 9.91. The molecule has 0 aromatic carbocycles. The molecular formula is C20H44ClN. The van der Waals surface area contributed by atoms with Crippen LogP contribution in [0.1, 0.15) is 118 Å². The summed E-state index contributed by atoms with van der Waals surface area (Å²) in [6.45, 7) is 8.95. The van der Waals surface area contributed by atoms with E-state index in [-0.39, 0.29) is 11.0 Å². The molecule has 0 amide bonds. The molecule has 0 radical (unpaired) electrons. The van der Waals surface area contributed by atoms with E-state index in [0.29, 0.717) is 5.92 Å². The van der Waals surface area contributed by atoms with Gasteiger partial charge in [0.05, 0.1) is 0 Å². The Morgan fingerprint density at radius 3 is 1.32 bits per heavy atom. The van der Waals surface area contributed by atoms with Crippen molar-refractivity contribution in [1.29, 1.82) is 0 Å². The molecule has 0 aromatic heterocycles. The summed E-state index contributed by atoms with van der Waals surface area (Å²) in [6.07, 6.45) is 19.6. The van der Waals surface area contributed by atoms with E-state index in [9.17, 15) is 0 Å². The van der Waals surface area contributed by atoms with Crippen LogP contribution in [0.5, 0.6) is 0 Å². The zero-order valence-electron chi connectivity index (χ0n) is 16.1. The molecular weight excluding hydrogens is 290 g/mol. The van der Waals surface area contributed by atoms with Crippen LogP contribution in [-0.4, -0.2) is 4.87 Å². The fraction of sp³-hybridized carbons (Fsp3) is 1.00. The maximum atomic E-state index is 6.51. The van der Waals surface area contributed by atoms with Crippen LogP contribution in [0.15, 0.2) is 0 Å². The molecule has 0 aliphatic rings. The molecule has 136 valence electrons. The molecule has 1 atom stereocenters. The lowest BCUT2D eigenvalue weighted by Crippen LogP contribution is -2.23. The third-order valence-electron chi connectivity index (χ3n) is 4.97. The molecule has 1 nitrogen and oxygen atoms in total. The molecule has 0 aromatic rings. The van der Waals surface area contributed by atoms with Crippen LogP contribution in [-0.2, 0) is 0 Å².